The first-order valence-corrected chi connectivity index (χ1v) is 8.51. The van der Waals surface area contributed by atoms with Crippen molar-refractivity contribution in [2.24, 2.45) is 11.5 Å². The lowest BCUT2D eigenvalue weighted by Crippen LogP contribution is -2.06. The van der Waals surface area contributed by atoms with Crippen molar-refractivity contribution in [3.63, 3.8) is 0 Å². The van der Waals surface area contributed by atoms with E-state index in [2.05, 4.69) is 0 Å². The molecule has 12 heteroatoms. The fourth-order valence-corrected chi connectivity index (χ4v) is 3.99. The Morgan fingerprint density at radius 3 is 1.32 bits per heavy atom. The van der Waals surface area contributed by atoms with Gasteiger partial charge >= 0.3 is 0 Å². The van der Waals surface area contributed by atoms with Gasteiger partial charge in [-0.1, -0.05) is 69.9 Å². The van der Waals surface area contributed by atoms with Crippen LogP contribution in [-0.2, 0) is 11.5 Å². The Balaban J connectivity index is 0. The average Bonchev–Trinajstić information content (AvgIpc) is 2.35. The number of amidine groups is 2. The van der Waals surface area contributed by atoms with Gasteiger partial charge in [-0.05, 0) is 0 Å². The third-order valence-corrected chi connectivity index (χ3v) is 5.54. The van der Waals surface area contributed by atoms with Crippen LogP contribution < -0.4 is 11.5 Å². The Hall–Kier alpha value is 0.600. The average molecular weight is 465 g/mol. The smallest absolute Gasteiger partial charge is 0.151 e. The van der Waals surface area contributed by atoms with Gasteiger partial charge in [-0.3, -0.25) is 10.8 Å². The summed E-state index contributed by atoms with van der Waals surface area (Å²) in [5.74, 6) is 0.614. The van der Waals surface area contributed by atoms with Crippen LogP contribution in [0, 0.1) is 10.8 Å². The summed E-state index contributed by atoms with van der Waals surface area (Å²) in [4.78, 5) is 0. The van der Waals surface area contributed by atoms with Crippen molar-refractivity contribution < 1.29 is 0 Å². The van der Waals surface area contributed by atoms with Crippen molar-refractivity contribution >= 4 is 105 Å². The Labute approximate surface area is 169 Å². The van der Waals surface area contributed by atoms with Crippen LogP contribution >= 0.6 is 94.7 Å². The van der Waals surface area contributed by atoms with Crippen LogP contribution in [0.1, 0.15) is 11.1 Å². The summed E-state index contributed by atoms with van der Waals surface area (Å²) in [6, 6.07) is 0. The van der Waals surface area contributed by atoms with Gasteiger partial charge in [0.25, 0.3) is 0 Å². The monoisotopic (exact) mass is 462 g/mol. The second kappa shape index (κ2) is 11.2. The minimum Gasteiger partial charge on any atom is -0.379 e. The number of benzene rings is 1. The molecule has 1 aromatic rings. The summed E-state index contributed by atoms with van der Waals surface area (Å²) in [5, 5.41) is 15.4. The predicted octanol–water partition coefficient (Wildman–Crippen LogP) is 5.40. The van der Waals surface area contributed by atoms with E-state index in [9.17, 15) is 0 Å². The van der Waals surface area contributed by atoms with Gasteiger partial charge in [0.2, 0.25) is 0 Å². The first-order chi connectivity index (χ1) is 9.25. The van der Waals surface area contributed by atoms with Crippen LogP contribution in [0.25, 0.3) is 0 Å². The molecule has 0 aromatic heterocycles. The molecule has 1 aromatic carbocycles. The maximum atomic E-state index is 7.22. The predicted molar refractivity (Wildman–Crippen MR) is 107 cm³/mol. The molecule has 0 aliphatic carbocycles. The minimum absolute atomic E-state index is 0. The number of hydrogen-bond acceptors (Lipinski definition) is 4. The Kier molecular flexibility index (Phi) is 12.7. The summed E-state index contributed by atoms with van der Waals surface area (Å²) in [6.07, 6.45) is 0. The molecule has 4 nitrogen and oxygen atoms in total. The minimum atomic E-state index is -0.0529. The number of nitrogens with two attached hydrogens (primary N) is 2. The quantitative estimate of drug-likeness (QED) is 0.207. The molecule has 0 saturated heterocycles. The van der Waals surface area contributed by atoms with E-state index in [1.54, 1.807) is 0 Å². The van der Waals surface area contributed by atoms with Crippen LogP contribution in [0.4, 0.5) is 0 Å². The van der Waals surface area contributed by atoms with Gasteiger partial charge in [-0.2, -0.15) is 0 Å². The van der Waals surface area contributed by atoms with Gasteiger partial charge in [0.05, 0.1) is 20.1 Å². The van der Waals surface area contributed by atoms with Crippen molar-refractivity contribution in [3.05, 3.63) is 31.2 Å². The van der Waals surface area contributed by atoms with E-state index in [1.165, 1.54) is 0 Å². The summed E-state index contributed by atoms with van der Waals surface area (Å²) in [7, 11) is 0. The van der Waals surface area contributed by atoms with Crippen LogP contribution in [0.15, 0.2) is 0 Å². The topological polar surface area (TPSA) is 99.7 Å². The van der Waals surface area contributed by atoms with Crippen LogP contribution in [0.3, 0.4) is 0 Å². The van der Waals surface area contributed by atoms with Crippen molar-refractivity contribution in [1.82, 2.24) is 0 Å². The third kappa shape index (κ3) is 6.61. The molecule has 0 aliphatic heterocycles. The van der Waals surface area contributed by atoms with Crippen molar-refractivity contribution in [2.75, 3.05) is 0 Å². The molecule has 126 valence electrons. The number of hydrogen-bond donors (Lipinski definition) is 4. The summed E-state index contributed by atoms with van der Waals surface area (Å²) < 4.78 is 0. The molecular formula is C10H12Cl6N4S2. The highest BCUT2D eigenvalue weighted by atomic mass is 35.5. The largest absolute Gasteiger partial charge is 0.379 e. The second-order valence-electron chi connectivity index (χ2n) is 3.52. The second-order valence-corrected chi connectivity index (χ2v) is 7.07. The zero-order chi connectivity index (χ0) is 15.4. The molecular weight excluding hydrogens is 453 g/mol. The molecule has 0 bridgehead atoms. The third-order valence-electron chi connectivity index (χ3n) is 2.19. The van der Waals surface area contributed by atoms with E-state index in [4.69, 9.17) is 68.7 Å². The lowest BCUT2D eigenvalue weighted by atomic mass is 10.1. The SMILES string of the molecule is Cl.Cl.N=C(N)SCc1c(Cl)c(Cl)c(Cl)c(CSC(=N)N)c1Cl. The van der Waals surface area contributed by atoms with Crippen molar-refractivity contribution in [1.29, 1.82) is 10.8 Å². The number of thioether (sulfide) groups is 2. The molecule has 0 saturated carbocycles. The van der Waals surface area contributed by atoms with Crippen molar-refractivity contribution in [2.45, 2.75) is 11.5 Å². The molecule has 0 aliphatic rings. The zero-order valence-electron chi connectivity index (χ0n) is 10.7. The first-order valence-electron chi connectivity index (χ1n) is 5.03. The van der Waals surface area contributed by atoms with Gasteiger partial charge < -0.3 is 11.5 Å². The zero-order valence-corrected chi connectivity index (χ0v) is 17.0. The summed E-state index contributed by atoms with van der Waals surface area (Å²) in [5.41, 5.74) is 11.7. The molecule has 22 heavy (non-hydrogen) atoms. The van der Waals surface area contributed by atoms with Crippen LogP contribution in [0.2, 0.25) is 20.1 Å². The van der Waals surface area contributed by atoms with E-state index in [-0.39, 0.29) is 50.2 Å². The van der Waals surface area contributed by atoms with Gasteiger partial charge in [-0.15, -0.1) is 24.8 Å². The van der Waals surface area contributed by atoms with Gasteiger partial charge in [0.15, 0.2) is 10.3 Å². The summed E-state index contributed by atoms with van der Waals surface area (Å²) >= 11 is 26.8. The Morgan fingerprint density at radius 2 is 1.05 bits per heavy atom. The standard InChI is InChI=1S/C10H10Cl4N4S2.2ClH/c11-5-3(1-19-9(15)16)6(12)8(14)7(13)4(5)2-20-10(17)18;;/h1-2H2,(H3,15,16)(H3,17,18);2*1H. The van der Waals surface area contributed by atoms with E-state index in [0.29, 0.717) is 27.7 Å². The van der Waals surface area contributed by atoms with E-state index < -0.39 is 0 Å². The molecule has 0 spiro atoms. The molecule has 6 N–H and O–H groups in total. The van der Waals surface area contributed by atoms with E-state index in [0.717, 1.165) is 23.5 Å². The Morgan fingerprint density at radius 1 is 0.727 bits per heavy atom. The first kappa shape index (κ1) is 24.8. The van der Waals surface area contributed by atoms with E-state index in [1.807, 2.05) is 0 Å². The highest BCUT2D eigenvalue weighted by Gasteiger charge is 2.20. The maximum Gasteiger partial charge on any atom is 0.151 e. The van der Waals surface area contributed by atoms with Crippen molar-refractivity contribution in [3.8, 4) is 0 Å². The molecule has 0 radical (unpaired) electrons. The lowest BCUT2D eigenvalue weighted by molar-refractivity contribution is 1.33. The molecule has 0 amide bonds. The highest BCUT2D eigenvalue weighted by Crippen LogP contribution is 2.43. The Bertz CT molecular complexity index is 524. The normalized spacial score (nSPS) is 9.64. The number of nitrogens with one attached hydrogen (secondary N) is 2. The van der Waals surface area contributed by atoms with E-state index >= 15 is 0 Å². The van der Waals surface area contributed by atoms with Crippen LogP contribution in [0.5, 0.6) is 0 Å². The molecule has 0 heterocycles. The molecule has 1 rings (SSSR count). The fourth-order valence-electron chi connectivity index (χ4n) is 1.29. The lowest BCUT2D eigenvalue weighted by Gasteiger charge is -2.15. The summed E-state index contributed by atoms with van der Waals surface area (Å²) in [6.45, 7) is 0. The maximum absolute atomic E-state index is 7.22. The molecule has 0 unspecified atom stereocenters. The fraction of sp³-hybridized carbons (Fsp3) is 0.200. The highest BCUT2D eigenvalue weighted by molar-refractivity contribution is 8.13. The van der Waals surface area contributed by atoms with Gasteiger partial charge in [0.1, 0.15) is 0 Å². The molecule has 0 fully saturated rings. The van der Waals surface area contributed by atoms with Crippen LogP contribution in [-0.4, -0.2) is 10.3 Å². The molecule has 0 atom stereocenters. The number of rotatable bonds is 4. The number of halogens is 6. The van der Waals surface area contributed by atoms with Gasteiger partial charge in [-0.25, -0.2) is 0 Å². The van der Waals surface area contributed by atoms with Gasteiger partial charge in [0, 0.05) is 22.6 Å².